The van der Waals surface area contributed by atoms with E-state index in [-0.39, 0.29) is 55.3 Å². The van der Waals surface area contributed by atoms with Gasteiger partial charge in [0.2, 0.25) is 0 Å². The van der Waals surface area contributed by atoms with Gasteiger partial charge in [0.15, 0.2) is 0 Å². The molecule has 0 unspecified atom stereocenters. The number of rotatable bonds is 5. The van der Waals surface area contributed by atoms with Crippen molar-refractivity contribution in [1.29, 1.82) is 0 Å². The minimum absolute atomic E-state index is 0.0647. The van der Waals surface area contributed by atoms with E-state index in [9.17, 15) is 22.8 Å². The highest BCUT2D eigenvalue weighted by molar-refractivity contribution is 5.99. The smallest absolute Gasteiger partial charge is 0.390 e. The summed E-state index contributed by atoms with van der Waals surface area (Å²) in [6, 6.07) is 3.93. The van der Waals surface area contributed by atoms with Crippen LogP contribution in [0.15, 0.2) is 18.2 Å². The van der Waals surface area contributed by atoms with Gasteiger partial charge in [0.25, 0.3) is 5.91 Å². The number of ether oxygens (including phenoxy) is 2. The normalized spacial score (nSPS) is 22.6. The third-order valence-corrected chi connectivity index (χ3v) is 5.93. The van der Waals surface area contributed by atoms with Gasteiger partial charge in [-0.15, -0.1) is 0 Å². The average molecular weight is 503 g/mol. The van der Waals surface area contributed by atoms with Crippen LogP contribution in [0.1, 0.15) is 44.5 Å². The Labute approximate surface area is 205 Å². The van der Waals surface area contributed by atoms with E-state index in [0.29, 0.717) is 18.0 Å². The first-order valence-electron chi connectivity index (χ1n) is 11.7. The van der Waals surface area contributed by atoms with Gasteiger partial charge in [-0.3, -0.25) is 9.69 Å². The molecular formula is C24H37F3N4O4. The van der Waals surface area contributed by atoms with E-state index in [1.165, 1.54) is 18.1 Å². The Bertz CT molecular complexity index is 866. The zero-order chi connectivity index (χ0) is 26.3. The Kier molecular flexibility index (Phi) is 10.2. The first-order chi connectivity index (χ1) is 16.3. The summed E-state index contributed by atoms with van der Waals surface area (Å²) < 4.78 is 50.4. The van der Waals surface area contributed by atoms with Gasteiger partial charge in [0.1, 0.15) is 12.4 Å². The van der Waals surface area contributed by atoms with Crippen LogP contribution in [0.25, 0.3) is 0 Å². The summed E-state index contributed by atoms with van der Waals surface area (Å²) in [7, 11) is 3.16. The Morgan fingerprint density at radius 3 is 2.54 bits per heavy atom. The van der Waals surface area contributed by atoms with Crippen LogP contribution in [-0.2, 0) is 4.74 Å². The molecule has 1 aliphatic heterocycles. The molecule has 0 aliphatic carbocycles. The topological polar surface area (TPSA) is 83.1 Å². The second-order valence-electron chi connectivity index (χ2n) is 9.42. The molecule has 0 spiro atoms. The number of nitrogens with zero attached hydrogens (tertiary/aromatic N) is 2. The lowest BCUT2D eigenvalue weighted by Gasteiger charge is -2.36. The zero-order valence-electron chi connectivity index (χ0n) is 21.2. The highest BCUT2D eigenvalue weighted by Gasteiger charge is 2.32. The first kappa shape index (κ1) is 28.7. The Hall–Kier alpha value is -2.53. The van der Waals surface area contributed by atoms with Crippen molar-refractivity contribution in [2.75, 3.05) is 45.7 Å². The molecule has 1 heterocycles. The first-order valence-corrected chi connectivity index (χ1v) is 11.7. The summed E-state index contributed by atoms with van der Waals surface area (Å²) in [5, 5.41) is 5.42. The van der Waals surface area contributed by atoms with Crippen molar-refractivity contribution in [1.82, 2.24) is 15.1 Å². The SMILES string of the molecule is CO[C@@H]1CN(C)C(=O)c2cc(NC(=O)NC(C)C)ccc2OC[C@@H](C)N(CCC(F)(F)F)C[C@H]1C. The molecule has 1 aliphatic rings. The van der Waals surface area contributed by atoms with Crippen LogP contribution in [0.4, 0.5) is 23.7 Å². The highest BCUT2D eigenvalue weighted by atomic mass is 19.4. The van der Waals surface area contributed by atoms with E-state index in [1.54, 1.807) is 31.0 Å². The lowest BCUT2D eigenvalue weighted by atomic mass is 10.0. The van der Waals surface area contributed by atoms with Gasteiger partial charge < -0.3 is 25.0 Å². The molecule has 11 heteroatoms. The minimum atomic E-state index is -4.27. The highest BCUT2D eigenvalue weighted by Crippen LogP contribution is 2.27. The van der Waals surface area contributed by atoms with Crippen LogP contribution in [0.3, 0.4) is 0 Å². The lowest BCUT2D eigenvalue weighted by Crippen LogP contribution is -2.47. The van der Waals surface area contributed by atoms with Gasteiger partial charge in [0.05, 0.1) is 18.1 Å². The maximum atomic E-state index is 13.3. The number of hydrogen-bond acceptors (Lipinski definition) is 5. The Morgan fingerprint density at radius 2 is 1.94 bits per heavy atom. The van der Waals surface area contributed by atoms with Crippen molar-refractivity contribution < 1.29 is 32.2 Å². The summed E-state index contributed by atoms with van der Waals surface area (Å²) in [6.07, 6.45) is -5.57. The zero-order valence-corrected chi connectivity index (χ0v) is 21.2. The molecule has 3 atom stereocenters. The van der Waals surface area contributed by atoms with Crippen molar-refractivity contribution in [2.24, 2.45) is 5.92 Å². The number of carbonyl (C=O) groups is 2. The van der Waals surface area contributed by atoms with E-state index >= 15 is 0 Å². The molecule has 8 nitrogen and oxygen atoms in total. The van der Waals surface area contributed by atoms with Gasteiger partial charge in [-0.2, -0.15) is 13.2 Å². The van der Waals surface area contributed by atoms with E-state index in [4.69, 9.17) is 9.47 Å². The summed E-state index contributed by atoms with van der Waals surface area (Å²) in [5.74, 6) is -0.163. The fraction of sp³-hybridized carbons (Fsp3) is 0.667. The van der Waals surface area contributed by atoms with E-state index in [1.807, 2.05) is 20.8 Å². The molecule has 2 N–H and O–H groups in total. The van der Waals surface area contributed by atoms with E-state index in [2.05, 4.69) is 10.6 Å². The lowest BCUT2D eigenvalue weighted by molar-refractivity contribution is -0.140. The number of fused-ring (bicyclic) bond motifs is 1. The second-order valence-corrected chi connectivity index (χ2v) is 9.42. The van der Waals surface area contributed by atoms with Crippen LogP contribution < -0.4 is 15.4 Å². The molecule has 3 amide bonds. The number of alkyl halides is 3. The summed E-state index contributed by atoms with van der Waals surface area (Å²) >= 11 is 0. The van der Waals surface area contributed by atoms with Crippen LogP contribution >= 0.6 is 0 Å². The number of methoxy groups -OCH3 is 1. The number of benzene rings is 1. The largest absolute Gasteiger partial charge is 0.491 e. The number of likely N-dealkylation sites (N-methyl/N-ethyl adjacent to an activating group) is 1. The van der Waals surface area contributed by atoms with Crippen molar-refractivity contribution in [3.05, 3.63) is 23.8 Å². The van der Waals surface area contributed by atoms with E-state index in [0.717, 1.165) is 0 Å². The van der Waals surface area contributed by atoms with Crippen molar-refractivity contribution in [3.63, 3.8) is 0 Å². The van der Waals surface area contributed by atoms with Crippen LogP contribution in [-0.4, -0.2) is 86.5 Å². The monoisotopic (exact) mass is 502 g/mol. The number of urea groups is 1. The molecular weight excluding hydrogens is 465 g/mol. The molecule has 2 rings (SSSR count). The quantitative estimate of drug-likeness (QED) is 0.637. The predicted octanol–water partition coefficient (Wildman–Crippen LogP) is 3.97. The second kappa shape index (κ2) is 12.4. The number of nitrogens with one attached hydrogen (secondary N) is 2. The molecule has 1 aromatic carbocycles. The third kappa shape index (κ3) is 8.88. The number of carbonyl (C=O) groups excluding carboxylic acids is 2. The Morgan fingerprint density at radius 1 is 1.26 bits per heavy atom. The maximum Gasteiger partial charge on any atom is 0.390 e. The molecule has 0 saturated carbocycles. The predicted molar refractivity (Wildman–Crippen MR) is 128 cm³/mol. The van der Waals surface area contributed by atoms with Crippen molar-refractivity contribution >= 4 is 17.6 Å². The molecule has 0 aromatic heterocycles. The summed E-state index contributed by atoms with van der Waals surface area (Å²) in [6.45, 7) is 7.89. The van der Waals surface area contributed by atoms with Gasteiger partial charge in [-0.05, 0) is 44.9 Å². The molecule has 0 radical (unpaired) electrons. The number of halogens is 3. The van der Waals surface area contributed by atoms with Crippen LogP contribution in [0.5, 0.6) is 5.75 Å². The Balaban J connectivity index is 2.37. The molecule has 35 heavy (non-hydrogen) atoms. The maximum absolute atomic E-state index is 13.3. The molecule has 1 aromatic rings. The minimum Gasteiger partial charge on any atom is -0.491 e. The number of amides is 3. The van der Waals surface area contributed by atoms with Crippen LogP contribution in [0.2, 0.25) is 0 Å². The average Bonchev–Trinajstić information content (AvgIpc) is 2.76. The molecule has 0 saturated heterocycles. The van der Waals surface area contributed by atoms with Crippen LogP contribution in [0, 0.1) is 5.92 Å². The number of anilines is 1. The summed E-state index contributed by atoms with van der Waals surface area (Å²) in [4.78, 5) is 28.7. The molecule has 0 bridgehead atoms. The fourth-order valence-electron chi connectivity index (χ4n) is 3.94. The standard InChI is InChI=1S/C24H37F3N4O4/c1-15(2)28-23(33)29-18-7-8-20-19(11-18)22(32)30(5)13-21(34-6)16(3)12-31(17(4)14-35-20)10-9-24(25,26)27/h7-8,11,15-17,21H,9-10,12-14H2,1-6H3,(H2,28,29,33)/t16-,17-,21-/m1/s1. The molecule has 198 valence electrons. The van der Waals surface area contributed by atoms with Gasteiger partial charge in [0, 0.05) is 51.6 Å². The third-order valence-electron chi connectivity index (χ3n) is 5.93. The van der Waals surface area contributed by atoms with Gasteiger partial charge >= 0.3 is 12.2 Å². The van der Waals surface area contributed by atoms with Gasteiger partial charge in [-0.25, -0.2) is 4.79 Å². The van der Waals surface area contributed by atoms with E-state index < -0.39 is 18.6 Å². The fourth-order valence-corrected chi connectivity index (χ4v) is 3.94. The van der Waals surface area contributed by atoms with Crippen molar-refractivity contribution in [2.45, 2.75) is 58.5 Å². The van der Waals surface area contributed by atoms with Crippen molar-refractivity contribution in [3.8, 4) is 5.75 Å². The molecule has 0 fully saturated rings. The summed E-state index contributed by atoms with van der Waals surface area (Å²) in [5.41, 5.74) is 0.655. The number of hydrogen-bond donors (Lipinski definition) is 2. The van der Waals surface area contributed by atoms with Gasteiger partial charge in [-0.1, -0.05) is 6.92 Å².